The SMILES string of the molecule is Fc1cccc(F)c1-c1ncccn1. The van der Waals surface area contributed by atoms with E-state index in [0.29, 0.717) is 0 Å². The van der Waals surface area contributed by atoms with E-state index in [-0.39, 0.29) is 11.4 Å². The molecule has 0 aliphatic carbocycles. The van der Waals surface area contributed by atoms with Crippen molar-refractivity contribution < 1.29 is 8.78 Å². The fraction of sp³-hybridized carbons (Fsp3) is 0. The Morgan fingerprint density at radius 2 is 1.43 bits per heavy atom. The highest BCUT2D eigenvalue weighted by Crippen LogP contribution is 2.21. The smallest absolute Gasteiger partial charge is 0.165 e. The van der Waals surface area contributed by atoms with E-state index in [1.807, 2.05) is 0 Å². The number of aromatic nitrogens is 2. The van der Waals surface area contributed by atoms with E-state index in [2.05, 4.69) is 9.97 Å². The zero-order valence-electron chi connectivity index (χ0n) is 7.11. The molecule has 0 radical (unpaired) electrons. The highest BCUT2D eigenvalue weighted by Gasteiger charge is 2.12. The molecule has 0 bridgehead atoms. The first-order valence-electron chi connectivity index (χ1n) is 4.00. The summed E-state index contributed by atoms with van der Waals surface area (Å²) in [6, 6.07) is 5.24. The van der Waals surface area contributed by atoms with Gasteiger partial charge in [0.15, 0.2) is 5.82 Å². The molecule has 1 aromatic carbocycles. The van der Waals surface area contributed by atoms with E-state index < -0.39 is 11.6 Å². The molecule has 1 heterocycles. The summed E-state index contributed by atoms with van der Waals surface area (Å²) < 4.78 is 26.4. The Hall–Kier alpha value is -1.84. The molecule has 0 spiro atoms. The first kappa shape index (κ1) is 8.74. The average molecular weight is 192 g/mol. The summed E-state index contributed by atoms with van der Waals surface area (Å²) in [4.78, 5) is 7.56. The van der Waals surface area contributed by atoms with Crippen LogP contribution in [0.25, 0.3) is 11.4 Å². The summed E-state index contributed by atoms with van der Waals surface area (Å²) in [7, 11) is 0. The van der Waals surface area contributed by atoms with Crippen LogP contribution in [0.3, 0.4) is 0 Å². The lowest BCUT2D eigenvalue weighted by atomic mass is 10.2. The average Bonchev–Trinajstić information content (AvgIpc) is 2.19. The second kappa shape index (κ2) is 3.49. The van der Waals surface area contributed by atoms with Crippen molar-refractivity contribution in [2.75, 3.05) is 0 Å². The van der Waals surface area contributed by atoms with Gasteiger partial charge in [-0.3, -0.25) is 0 Å². The van der Waals surface area contributed by atoms with E-state index in [4.69, 9.17) is 0 Å². The molecule has 70 valence electrons. The largest absolute Gasteiger partial charge is 0.236 e. The Kier molecular flexibility index (Phi) is 2.18. The second-order valence-corrected chi connectivity index (χ2v) is 2.67. The van der Waals surface area contributed by atoms with Gasteiger partial charge in [0.1, 0.15) is 11.6 Å². The molecule has 14 heavy (non-hydrogen) atoms. The maximum atomic E-state index is 13.2. The van der Waals surface area contributed by atoms with Crippen LogP contribution in [0.2, 0.25) is 0 Å². The molecule has 0 aliphatic heterocycles. The van der Waals surface area contributed by atoms with E-state index in [1.54, 1.807) is 6.07 Å². The Morgan fingerprint density at radius 1 is 0.857 bits per heavy atom. The van der Waals surface area contributed by atoms with Crippen LogP contribution in [-0.2, 0) is 0 Å². The Morgan fingerprint density at radius 3 is 2.00 bits per heavy atom. The molecule has 1 aromatic heterocycles. The number of nitrogens with zero attached hydrogens (tertiary/aromatic N) is 2. The molecule has 0 fully saturated rings. The van der Waals surface area contributed by atoms with Crippen molar-refractivity contribution in [3.63, 3.8) is 0 Å². The van der Waals surface area contributed by atoms with Crippen LogP contribution >= 0.6 is 0 Å². The van der Waals surface area contributed by atoms with Crippen molar-refractivity contribution in [3.8, 4) is 11.4 Å². The van der Waals surface area contributed by atoms with E-state index >= 15 is 0 Å². The molecular formula is C10H6F2N2. The molecule has 0 amide bonds. The van der Waals surface area contributed by atoms with Gasteiger partial charge in [-0.1, -0.05) is 6.07 Å². The van der Waals surface area contributed by atoms with Gasteiger partial charge in [0.05, 0.1) is 5.56 Å². The zero-order valence-corrected chi connectivity index (χ0v) is 7.11. The van der Waals surface area contributed by atoms with Gasteiger partial charge in [0.25, 0.3) is 0 Å². The van der Waals surface area contributed by atoms with Crippen molar-refractivity contribution in [1.82, 2.24) is 9.97 Å². The summed E-state index contributed by atoms with van der Waals surface area (Å²) in [5.74, 6) is -1.25. The molecule has 0 saturated heterocycles. The van der Waals surface area contributed by atoms with E-state index in [9.17, 15) is 8.78 Å². The highest BCUT2D eigenvalue weighted by molar-refractivity contribution is 5.56. The summed E-state index contributed by atoms with van der Waals surface area (Å²) in [5.41, 5.74) is -0.187. The summed E-state index contributed by atoms with van der Waals surface area (Å²) in [5, 5.41) is 0. The lowest BCUT2D eigenvalue weighted by Gasteiger charge is -2.01. The minimum Gasteiger partial charge on any atom is -0.236 e. The Balaban J connectivity index is 2.63. The fourth-order valence-electron chi connectivity index (χ4n) is 1.14. The minimum absolute atomic E-state index is 0.0584. The fourth-order valence-corrected chi connectivity index (χ4v) is 1.14. The first-order chi connectivity index (χ1) is 6.79. The number of halogens is 2. The third-order valence-electron chi connectivity index (χ3n) is 1.75. The summed E-state index contributed by atoms with van der Waals surface area (Å²) in [6.07, 6.45) is 2.88. The number of hydrogen-bond donors (Lipinski definition) is 0. The molecule has 0 N–H and O–H groups in total. The topological polar surface area (TPSA) is 25.8 Å². The normalized spacial score (nSPS) is 10.1. The monoisotopic (exact) mass is 192 g/mol. The Labute approximate surface area is 79.3 Å². The van der Waals surface area contributed by atoms with Gasteiger partial charge in [0.2, 0.25) is 0 Å². The molecule has 0 aliphatic rings. The molecule has 2 rings (SSSR count). The van der Waals surface area contributed by atoms with Gasteiger partial charge >= 0.3 is 0 Å². The molecular weight excluding hydrogens is 186 g/mol. The van der Waals surface area contributed by atoms with Gasteiger partial charge in [-0.25, -0.2) is 18.7 Å². The second-order valence-electron chi connectivity index (χ2n) is 2.67. The standard InChI is InChI=1S/C10H6F2N2/c11-7-3-1-4-8(12)9(7)10-13-5-2-6-14-10/h1-6H. The minimum atomic E-state index is -0.656. The number of rotatable bonds is 1. The van der Waals surface area contributed by atoms with Crippen molar-refractivity contribution in [3.05, 3.63) is 48.3 Å². The molecule has 0 saturated carbocycles. The summed E-state index contributed by atoms with van der Waals surface area (Å²) in [6.45, 7) is 0. The van der Waals surface area contributed by atoms with Crippen molar-refractivity contribution >= 4 is 0 Å². The number of hydrogen-bond acceptors (Lipinski definition) is 2. The first-order valence-corrected chi connectivity index (χ1v) is 4.00. The number of benzene rings is 1. The third kappa shape index (κ3) is 1.46. The molecule has 4 heteroatoms. The molecule has 0 unspecified atom stereocenters. The van der Waals surface area contributed by atoms with Gasteiger partial charge in [-0.05, 0) is 18.2 Å². The van der Waals surface area contributed by atoms with Crippen LogP contribution in [0.1, 0.15) is 0 Å². The van der Waals surface area contributed by atoms with Crippen LogP contribution in [0.4, 0.5) is 8.78 Å². The summed E-state index contributed by atoms with van der Waals surface area (Å²) >= 11 is 0. The van der Waals surface area contributed by atoms with E-state index in [0.717, 1.165) is 0 Å². The predicted octanol–water partition coefficient (Wildman–Crippen LogP) is 2.42. The van der Waals surface area contributed by atoms with Crippen molar-refractivity contribution in [1.29, 1.82) is 0 Å². The van der Waals surface area contributed by atoms with Crippen LogP contribution in [0.15, 0.2) is 36.7 Å². The van der Waals surface area contributed by atoms with E-state index in [1.165, 1.54) is 30.6 Å². The van der Waals surface area contributed by atoms with Gasteiger partial charge < -0.3 is 0 Å². The zero-order chi connectivity index (χ0) is 9.97. The lowest BCUT2D eigenvalue weighted by Crippen LogP contribution is -1.94. The third-order valence-corrected chi connectivity index (χ3v) is 1.75. The molecule has 2 aromatic rings. The maximum Gasteiger partial charge on any atom is 0.165 e. The van der Waals surface area contributed by atoms with Crippen molar-refractivity contribution in [2.45, 2.75) is 0 Å². The van der Waals surface area contributed by atoms with Gasteiger partial charge in [0, 0.05) is 12.4 Å². The Bertz CT molecular complexity index is 423. The quantitative estimate of drug-likeness (QED) is 0.693. The van der Waals surface area contributed by atoms with Crippen LogP contribution < -0.4 is 0 Å². The van der Waals surface area contributed by atoms with Crippen LogP contribution in [-0.4, -0.2) is 9.97 Å². The predicted molar refractivity (Wildman–Crippen MR) is 47.4 cm³/mol. The van der Waals surface area contributed by atoms with Gasteiger partial charge in [-0.15, -0.1) is 0 Å². The molecule has 0 atom stereocenters. The van der Waals surface area contributed by atoms with Crippen LogP contribution in [0.5, 0.6) is 0 Å². The van der Waals surface area contributed by atoms with Crippen molar-refractivity contribution in [2.24, 2.45) is 0 Å². The van der Waals surface area contributed by atoms with Gasteiger partial charge in [-0.2, -0.15) is 0 Å². The van der Waals surface area contributed by atoms with Crippen LogP contribution in [0, 0.1) is 11.6 Å². The highest BCUT2D eigenvalue weighted by atomic mass is 19.1. The maximum absolute atomic E-state index is 13.2. The molecule has 2 nitrogen and oxygen atoms in total. The lowest BCUT2D eigenvalue weighted by molar-refractivity contribution is 0.587.